The molecule has 0 aromatic rings. The summed E-state index contributed by atoms with van der Waals surface area (Å²) in [5.41, 5.74) is 5.35. The van der Waals surface area contributed by atoms with Crippen LogP contribution in [0.2, 0.25) is 0 Å². The van der Waals surface area contributed by atoms with Gasteiger partial charge in [0, 0.05) is 19.0 Å². The third-order valence-electron chi connectivity index (χ3n) is 5.68. The largest absolute Gasteiger partial charge is 0.368 e. The highest BCUT2D eigenvalue weighted by molar-refractivity contribution is 5.84. The number of amides is 2. The van der Waals surface area contributed by atoms with E-state index in [9.17, 15) is 9.59 Å². The van der Waals surface area contributed by atoms with Crippen molar-refractivity contribution in [3.8, 4) is 0 Å². The maximum Gasteiger partial charge on any atom is 0.237 e. The van der Waals surface area contributed by atoms with Gasteiger partial charge in [0.2, 0.25) is 11.8 Å². The smallest absolute Gasteiger partial charge is 0.237 e. The summed E-state index contributed by atoms with van der Waals surface area (Å²) in [5.74, 6) is 1.89. The molecule has 0 aromatic heterocycles. The van der Waals surface area contributed by atoms with Gasteiger partial charge in [-0.2, -0.15) is 0 Å². The first-order valence-corrected chi connectivity index (χ1v) is 8.42. The zero-order valence-electron chi connectivity index (χ0n) is 12.7. The number of primary amides is 1. The van der Waals surface area contributed by atoms with E-state index in [1.165, 1.54) is 25.7 Å². The molecule has 1 saturated heterocycles. The highest BCUT2D eigenvalue weighted by Gasteiger charge is 2.41. The second kappa shape index (κ2) is 6.34. The lowest BCUT2D eigenvalue weighted by molar-refractivity contribution is -0.139. The van der Waals surface area contributed by atoms with Gasteiger partial charge in [0.1, 0.15) is 0 Å². The highest BCUT2D eigenvalue weighted by Crippen LogP contribution is 2.49. The minimum atomic E-state index is -0.401. The topological polar surface area (TPSA) is 75.4 Å². The predicted octanol–water partition coefficient (Wildman–Crippen LogP) is 0.879. The number of hydrogen-bond acceptors (Lipinski definition) is 3. The summed E-state index contributed by atoms with van der Waals surface area (Å²) >= 11 is 0. The number of piperidine rings is 1. The fourth-order valence-electron chi connectivity index (χ4n) is 4.66. The first kappa shape index (κ1) is 14.8. The molecule has 3 N–H and O–H groups in total. The predicted molar refractivity (Wildman–Crippen MR) is 80.4 cm³/mol. The van der Waals surface area contributed by atoms with Gasteiger partial charge in [-0.1, -0.05) is 6.42 Å². The van der Waals surface area contributed by atoms with Gasteiger partial charge in [0.25, 0.3) is 0 Å². The van der Waals surface area contributed by atoms with E-state index in [4.69, 9.17) is 5.73 Å². The van der Waals surface area contributed by atoms with E-state index in [0.717, 1.165) is 37.8 Å². The van der Waals surface area contributed by atoms with Crippen LogP contribution in [0.5, 0.6) is 0 Å². The van der Waals surface area contributed by atoms with Crippen LogP contribution in [0.1, 0.15) is 44.9 Å². The van der Waals surface area contributed by atoms with Crippen LogP contribution in [0, 0.1) is 17.8 Å². The van der Waals surface area contributed by atoms with Crippen LogP contribution in [-0.2, 0) is 9.59 Å². The standard InChI is InChI=1S/C16H27N3O2/c17-15(20)10-19(14-2-1-5-18-9-14)16(21)8-13-7-11-3-4-12(13)6-11/h11-14,18H,1-10H2,(H2,17,20). The Hall–Kier alpha value is -1.10. The minimum Gasteiger partial charge on any atom is -0.368 e. The molecule has 3 fully saturated rings. The molecule has 2 bridgehead atoms. The van der Waals surface area contributed by atoms with Crippen LogP contribution < -0.4 is 11.1 Å². The quantitative estimate of drug-likeness (QED) is 0.790. The molecule has 2 saturated carbocycles. The first-order chi connectivity index (χ1) is 10.1. The summed E-state index contributed by atoms with van der Waals surface area (Å²) in [6.45, 7) is 1.86. The van der Waals surface area contributed by atoms with Crippen LogP contribution in [0.15, 0.2) is 0 Å². The Balaban J connectivity index is 1.61. The third-order valence-corrected chi connectivity index (χ3v) is 5.68. The molecule has 0 aromatic carbocycles. The number of carbonyl (C=O) groups excluding carboxylic acids is 2. The van der Waals surface area contributed by atoms with Crippen molar-refractivity contribution in [2.45, 2.75) is 51.0 Å². The Labute approximate surface area is 126 Å². The number of hydrogen-bond donors (Lipinski definition) is 2. The molecular formula is C16H27N3O2. The fourth-order valence-corrected chi connectivity index (χ4v) is 4.66. The summed E-state index contributed by atoms with van der Waals surface area (Å²) in [7, 11) is 0. The number of nitrogens with zero attached hydrogens (tertiary/aromatic N) is 1. The summed E-state index contributed by atoms with van der Waals surface area (Å²) in [6.07, 6.45) is 7.83. The molecule has 5 heteroatoms. The van der Waals surface area contributed by atoms with Crippen LogP contribution in [0.25, 0.3) is 0 Å². The maximum absolute atomic E-state index is 12.7. The molecular weight excluding hydrogens is 266 g/mol. The van der Waals surface area contributed by atoms with Gasteiger partial charge in [-0.05, 0) is 56.4 Å². The van der Waals surface area contributed by atoms with Crippen LogP contribution in [-0.4, -0.2) is 42.4 Å². The van der Waals surface area contributed by atoms with E-state index in [0.29, 0.717) is 12.3 Å². The molecule has 118 valence electrons. The van der Waals surface area contributed by atoms with Crippen molar-refractivity contribution in [1.82, 2.24) is 10.2 Å². The average molecular weight is 293 g/mol. The van der Waals surface area contributed by atoms with Crippen LogP contribution >= 0.6 is 0 Å². The highest BCUT2D eigenvalue weighted by atomic mass is 16.2. The molecule has 4 unspecified atom stereocenters. The lowest BCUT2D eigenvalue weighted by Gasteiger charge is -2.35. The fraction of sp³-hybridized carbons (Fsp3) is 0.875. The molecule has 4 atom stereocenters. The molecule has 0 spiro atoms. The zero-order valence-corrected chi connectivity index (χ0v) is 12.7. The SMILES string of the molecule is NC(=O)CN(C(=O)CC1CC2CCC1C2)C1CCCNC1. The van der Waals surface area contributed by atoms with Crippen molar-refractivity contribution in [3.63, 3.8) is 0 Å². The molecule has 1 heterocycles. The second-order valence-electron chi connectivity index (χ2n) is 7.13. The summed E-state index contributed by atoms with van der Waals surface area (Å²) in [5, 5.41) is 3.32. The number of rotatable bonds is 5. The van der Waals surface area contributed by atoms with Crippen molar-refractivity contribution in [2.24, 2.45) is 23.5 Å². The van der Waals surface area contributed by atoms with Crippen molar-refractivity contribution >= 4 is 11.8 Å². The van der Waals surface area contributed by atoms with Gasteiger partial charge in [-0.3, -0.25) is 9.59 Å². The molecule has 2 amide bonds. The molecule has 2 aliphatic carbocycles. The van der Waals surface area contributed by atoms with Crippen LogP contribution in [0.3, 0.4) is 0 Å². The summed E-state index contributed by atoms with van der Waals surface area (Å²) < 4.78 is 0. The van der Waals surface area contributed by atoms with Crippen molar-refractivity contribution < 1.29 is 9.59 Å². The Morgan fingerprint density at radius 2 is 2.05 bits per heavy atom. The van der Waals surface area contributed by atoms with E-state index in [2.05, 4.69) is 5.32 Å². The van der Waals surface area contributed by atoms with E-state index in [1.54, 1.807) is 4.90 Å². The molecule has 21 heavy (non-hydrogen) atoms. The summed E-state index contributed by atoms with van der Waals surface area (Å²) in [6, 6.07) is 0.136. The van der Waals surface area contributed by atoms with E-state index < -0.39 is 5.91 Å². The van der Waals surface area contributed by atoms with E-state index in [-0.39, 0.29) is 18.5 Å². The molecule has 3 aliphatic rings. The minimum absolute atomic E-state index is 0.0754. The number of nitrogens with one attached hydrogen (secondary N) is 1. The number of carbonyl (C=O) groups is 2. The molecule has 3 rings (SSSR count). The maximum atomic E-state index is 12.7. The van der Waals surface area contributed by atoms with Gasteiger partial charge in [-0.15, -0.1) is 0 Å². The van der Waals surface area contributed by atoms with Crippen molar-refractivity contribution in [2.75, 3.05) is 19.6 Å². The normalized spacial score (nSPS) is 34.9. The van der Waals surface area contributed by atoms with Crippen molar-refractivity contribution in [3.05, 3.63) is 0 Å². The second-order valence-corrected chi connectivity index (χ2v) is 7.13. The Morgan fingerprint density at radius 3 is 2.62 bits per heavy atom. The Morgan fingerprint density at radius 1 is 1.19 bits per heavy atom. The molecule has 0 radical (unpaired) electrons. The lowest BCUT2D eigenvalue weighted by Crippen LogP contribution is -2.51. The van der Waals surface area contributed by atoms with Gasteiger partial charge in [-0.25, -0.2) is 0 Å². The molecule has 1 aliphatic heterocycles. The Bertz CT molecular complexity index is 406. The van der Waals surface area contributed by atoms with E-state index >= 15 is 0 Å². The molecule has 5 nitrogen and oxygen atoms in total. The first-order valence-electron chi connectivity index (χ1n) is 8.42. The van der Waals surface area contributed by atoms with Gasteiger partial charge < -0.3 is 16.0 Å². The van der Waals surface area contributed by atoms with Gasteiger partial charge in [0.05, 0.1) is 6.54 Å². The van der Waals surface area contributed by atoms with E-state index in [1.807, 2.05) is 0 Å². The van der Waals surface area contributed by atoms with Gasteiger partial charge >= 0.3 is 0 Å². The number of fused-ring (bicyclic) bond motifs is 2. The monoisotopic (exact) mass is 293 g/mol. The zero-order chi connectivity index (χ0) is 14.8. The van der Waals surface area contributed by atoms with Gasteiger partial charge in [0.15, 0.2) is 0 Å². The van der Waals surface area contributed by atoms with Crippen molar-refractivity contribution in [1.29, 1.82) is 0 Å². The average Bonchev–Trinajstić information content (AvgIpc) is 3.08. The van der Waals surface area contributed by atoms with Crippen LogP contribution in [0.4, 0.5) is 0 Å². The third kappa shape index (κ3) is 3.39. The number of nitrogens with two attached hydrogens (primary N) is 1. The Kier molecular flexibility index (Phi) is 4.48. The summed E-state index contributed by atoms with van der Waals surface area (Å²) in [4.78, 5) is 25.8. The lowest BCUT2D eigenvalue weighted by atomic mass is 9.86.